The van der Waals surface area contributed by atoms with Crippen molar-refractivity contribution in [2.75, 3.05) is 19.7 Å². The molecule has 66 valence electrons. The van der Waals surface area contributed by atoms with E-state index in [9.17, 15) is 0 Å². The van der Waals surface area contributed by atoms with Gasteiger partial charge >= 0.3 is 0 Å². The Morgan fingerprint density at radius 3 is 2.42 bits per heavy atom. The van der Waals surface area contributed by atoms with E-state index >= 15 is 0 Å². The lowest BCUT2D eigenvalue weighted by atomic mass is 10.3. The van der Waals surface area contributed by atoms with Crippen LogP contribution in [0.3, 0.4) is 0 Å². The monoisotopic (exact) mass is 166 g/mol. The van der Waals surface area contributed by atoms with Crippen molar-refractivity contribution in [3.05, 3.63) is 25.3 Å². The van der Waals surface area contributed by atoms with Crippen LogP contribution in [0, 0.1) is 11.3 Å². The van der Waals surface area contributed by atoms with Crippen LogP contribution in [-0.4, -0.2) is 25.8 Å². The van der Waals surface area contributed by atoms with Gasteiger partial charge < -0.3 is 10.1 Å². The smallest absolute Gasteiger partial charge is 0.156 e. The molecule has 1 atom stereocenters. The predicted molar refractivity (Wildman–Crippen MR) is 48.6 cm³/mol. The van der Waals surface area contributed by atoms with Crippen LogP contribution >= 0.6 is 0 Å². The van der Waals surface area contributed by atoms with Gasteiger partial charge in [-0.1, -0.05) is 25.3 Å². The molecule has 12 heavy (non-hydrogen) atoms. The molecule has 0 aromatic heterocycles. The molecule has 0 aliphatic carbocycles. The fourth-order valence-electron chi connectivity index (χ4n) is 0.648. The first-order valence-corrected chi connectivity index (χ1v) is 3.80. The molecule has 1 heterocycles. The number of ether oxygens (including phenoxy) is 1. The van der Waals surface area contributed by atoms with Crippen LogP contribution in [0.1, 0.15) is 0 Å². The molecule has 1 aliphatic heterocycles. The highest BCUT2D eigenvalue weighted by Crippen LogP contribution is 1.91. The zero-order chi connectivity index (χ0) is 9.23. The summed E-state index contributed by atoms with van der Waals surface area (Å²) in [7, 11) is 0. The van der Waals surface area contributed by atoms with Gasteiger partial charge in [-0.25, -0.2) is 0 Å². The molecular formula is C9H14N2O. The van der Waals surface area contributed by atoms with Crippen molar-refractivity contribution in [2.24, 2.45) is 0 Å². The molecule has 0 spiro atoms. The highest BCUT2D eigenvalue weighted by molar-refractivity contribution is 4.88. The van der Waals surface area contributed by atoms with Gasteiger partial charge in [-0.15, -0.1) is 0 Å². The number of nitrogens with zero attached hydrogens (tertiary/aromatic N) is 1. The molecule has 1 rings (SSSR count). The lowest BCUT2D eigenvalue weighted by Gasteiger charge is -2.16. The number of nitriles is 1. The summed E-state index contributed by atoms with van der Waals surface area (Å²) in [6.45, 7) is 8.94. The molecule has 0 aromatic rings. The minimum absolute atomic E-state index is 0.219. The Kier molecular flexibility index (Phi) is 7.25. The number of nitrogens with one attached hydrogen (secondary N) is 1. The summed E-state index contributed by atoms with van der Waals surface area (Å²) in [5.41, 5.74) is 0. The minimum Gasteiger partial charge on any atom is -0.361 e. The number of morpholine rings is 1. The van der Waals surface area contributed by atoms with E-state index in [-0.39, 0.29) is 6.10 Å². The highest BCUT2D eigenvalue weighted by atomic mass is 16.5. The Bertz CT molecular complexity index is 160. The summed E-state index contributed by atoms with van der Waals surface area (Å²) in [6, 6.07) is 2.02. The van der Waals surface area contributed by atoms with Crippen LogP contribution in [-0.2, 0) is 4.74 Å². The van der Waals surface area contributed by atoms with Crippen molar-refractivity contribution in [1.29, 1.82) is 5.26 Å². The average Bonchev–Trinajstić information content (AvgIpc) is 2.19. The first-order chi connectivity index (χ1) is 5.85. The van der Waals surface area contributed by atoms with Crippen molar-refractivity contribution < 1.29 is 4.74 Å². The van der Waals surface area contributed by atoms with Gasteiger partial charge in [0.15, 0.2) is 6.10 Å². The number of hydrogen-bond acceptors (Lipinski definition) is 3. The first-order valence-electron chi connectivity index (χ1n) is 3.80. The van der Waals surface area contributed by atoms with E-state index in [0.717, 1.165) is 6.54 Å². The van der Waals surface area contributed by atoms with Gasteiger partial charge in [0.2, 0.25) is 0 Å². The molecule has 1 N–H and O–H groups in total. The zero-order valence-electron chi connectivity index (χ0n) is 7.12. The molecule has 0 saturated carbocycles. The van der Waals surface area contributed by atoms with E-state index in [4.69, 9.17) is 10.00 Å². The molecule has 0 radical (unpaired) electrons. The van der Waals surface area contributed by atoms with Gasteiger partial charge in [-0.05, 0) is 0 Å². The summed E-state index contributed by atoms with van der Waals surface area (Å²) in [4.78, 5) is 0. The molecule has 1 aliphatic rings. The van der Waals surface area contributed by atoms with Gasteiger partial charge in [0, 0.05) is 13.1 Å². The molecule has 1 fully saturated rings. The molecule has 1 unspecified atom stereocenters. The zero-order valence-corrected chi connectivity index (χ0v) is 7.12. The molecule has 0 amide bonds. The topological polar surface area (TPSA) is 45.0 Å². The Morgan fingerprint density at radius 2 is 2.17 bits per heavy atom. The van der Waals surface area contributed by atoms with Gasteiger partial charge in [0.05, 0.1) is 12.7 Å². The fraction of sp³-hybridized carbons (Fsp3) is 0.444. The standard InChI is InChI=1S/C5H8N2O.C4H6/c6-3-5-4-7-1-2-8-5;1-3-4-2/h5,7H,1-2,4H2;3-4H,1-2H2. The Balaban J connectivity index is 0.000000261. The van der Waals surface area contributed by atoms with Crippen LogP contribution < -0.4 is 5.32 Å². The second-order valence-corrected chi connectivity index (χ2v) is 2.16. The van der Waals surface area contributed by atoms with Crippen LogP contribution in [0.2, 0.25) is 0 Å². The van der Waals surface area contributed by atoms with E-state index in [2.05, 4.69) is 18.5 Å². The highest BCUT2D eigenvalue weighted by Gasteiger charge is 2.09. The summed E-state index contributed by atoms with van der Waals surface area (Å²) in [6.07, 6.45) is 3.06. The second kappa shape index (κ2) is 7.99. The fourth-order valence-corrected chi connectivity index (χ4v) is 0.648. The van der Waals surface area contributed by atoms with Gasteiger partial charge in [0.25, 0.3) is 0 Å². The van der Waals surface area contributed by atoms with Crippen molar-refractivity contribution in [2.45, 2.75) is 6.10 Å². The lowest BCUT2D eigenvalue weighted by molar-refractivity contribution is 0.0638. The normalized spacial score (nSPS) is 21.1. The van der Waals surface area contributed by atoms with Crippen LogP contribution in [0.25, 0.3) is 0 Å². The Hall–Kier alpha value is -1.11. The average molecular weight is 166 g/mol. The molecule has 0 bridgehead atoms. The summed E-state index contributed by atoms with van der Waals surface area (Å²) in [5.74, 6) is 0. The van der Waals surface area contributed by atoms with Gasteiger partial charge in [0.1, 0.15) is 0 Å². The van der Waals surface area contributed by atoms with E-state index in [1.54, 1.807) is 12.2 Å². The SMILES string of the molecule is C=CC=C.N#CC1CNCCO1. The van der Waals surface area contributed by atoms with Gasteiger partial charge in [-0.3, -0.25) is 0 Å². The minimum atomic E-state index is -0.219. The van der Waals surface area contributed by atoms with Crippen LogP contribution in [0.4, 0.5) is 0 Å². The largest absolute Gasteiger partial charge is 0.361 e. The van der Waals surface area contributed by atoms with Crippen LogP contribution in [0.5, 0.6) is 0 Å². The maximum absolute atomic E-state index is 8.28. The Labute approximate surface area is 73.3 Å². The van der Waals surface area contributed by atoms with E-state index in [0.29, 0.717) is 13.2 Å². The Morgan fingerprint density at radius 1 is 1.50 bits per heavy atom. The predicted octanol–water partition coefficient (Wildman–Crippen LogP) is 0.857. The van der Waals surface area contributed by atoms with Crippen molar-refractivity contribution in [3.8, 4) is 6.07 Å². The molecular weight excluding hydrogens is 152 g/mol. The summed E-state index contributed by atoms with van der Waals surface area (Å²) >= 11 is 0. The third-order valence-corrected chi connectivity index (χ3v) is 1.24. The third kappa shape index (κ3) is 5.66. The van der Waals surface area contributed by atoms with E-state index in [1.165, 1.54) is 0 Å². The molecule has 3 nitrogen and oxygen atoms in total. The summed E-state index contributed by atoms with van der Waals surface area (Å²) < 4.78 is 5.00. The first kappa shape index (κ1) is 10.9. The van der Waals surface area contributed by atoms with Crippen molar-refractivity contribution >= 4 is 0 Å². The third-order valence-electron chi connectivity index (χ3n) is 1.24. The van der Waals surface area contributed by atoms with Crippen molar-refractivity contribution in [3.63, 3.8) is 0 Å². The maximum Gasteiger partial charge on any atom is 0.156 e. The number of rotatable bonds is 1. The lowest BCUT2D eigenvalue weighted by Crippen LogP contribution is -2.37. The maximum atomic E-state index is 8.28. The van der Waals surface area contributed by atoms with Crippen molar-refractivity contribution in [1.82, 2.24) is 5.32 Å². The van der Waals surface area contributed by atoms with Crippen LogP contribution in [0.15, 0.2) is 25.3 Å². The van der Waals surface area contributed by atoms with Gasteiger partial charge in [-0.2, -0.15) is 5.26 Å². The summed E-state index contributed by atoms with van der Waals surface area (Å²) in [5, 5.41) is 11.3. The molecule has 0 aromatic carbocycles. The van der Waals surface area contributed by atoms with E-state index in [1.807, 2.05) is 6.07 Å². The van der Waals surface area contributed by atoms with E-state index < -0.39 is 0 Å². The quantitative estimate of drug-likeness (QED) is 0.587. The number of hydrogen-bond donors (Lipinski definition) is 1. The molecule has 3 heteroatoms. The number of allylic oxidation sites excluding steroid dienone is 2. The molecule has 1 saturated heterocycles. The second-order valence-electron chi connectivity index (χ2n) is 2.16.